The van der Waals surface area contributed by atoms with Crippen LogP contribution >= 0.6 is 7.59 Å². The second-order valence-electron chi connectivity index (χ2n) is 5.22. The van der Waals surface area contributed by atoms with E-state index in [2.05, 4.69) is 5.20 Å². The number of amides is 2. The topological polar surface area (TPSA) is 144 Å². The van der Waals surface area contributed by atoms with Gasteiger partial charge < -0.3 is 14.3 Å². The van der Waals surface area contributed by atoms with E-state index in [1.807, 2.05) is 0 Å². The van der Waals surface area contributed by atoms with E-state index in [0.29, 0.717) is 4.94 Å². The summed E-state index contributed by atoms with van der Waals surface area (Å²) in [6, 6.07) is 7.84. The second kappa shape index (κ2) is 7.30. The minimum Gasteiger partial charge on any atom is -0.447 e. The molecule has 3 rings (SSSR count). The fourth-order valence-electron chi connectivity index (χ4n) is 2.21. The summed E-state index contributed by atoms with van der Waals surface area (Å²) in [5.41, 5.74) is 5.91. The molecule has 2 amide bonds. The molecule has 2 aliphatic rings. The van der Waals surface area contributed by atoms with Gasteiger partial charge in [-0.3, -0.25) is 10.1 Å². The van der Waals surface area contributed by atoms with Crippen molar-refractivity contribution >= 4 is 25.7 Å². The van der Waals surface area contributed by atoms with Gasteiger partial charge in [-0.2, -0.15) is 5.01 Å². The van der Waals surface area contributed by atoms with Gasteiger partial charge in [0, 0.05) is 4.94 Å². The largest absolute Gasteiger partial charge is 0.447 e. The second-order valence-corrected chi connectivity index (χ2v) is 7.01. The van der Waals surface area contributed by atoms with Crippen LogP contribution in [0.1, 0.15) is 10.4 Å². The molecule has 0 radical (unpaired) electrons. The van der Waals surface area contributed by atoms with Crippen molar-refractivity contribution in [3.05, 3.63) is 35.9 Å². The van der Waals surface area contributed by atoms with Gasteiger partial charge in [-0.1, -0.05) is 18.2 Å². The quantitative estimate of drug-likeness (QED) is 0.523. The lowest BCUT2D eigenvalue weighted by atomic mass is 10.2. The molecule has 3 N–H and O–H groups in total. The van der Waals surface area contributed by atoms with Crippen molar-refractivity contribution in [3.63, 3.8) is 0 Å². The van der Waals surface area contributed by atoms with Crippen molar-refractivity contribution in [1.29, 1.82) is 0 Å². The Morgan fingerprint density at radius 3 is 2.38 bits per heavy atom. The molecule has 13 heteroatoms. The lowest BCUT2D eigenvalue weighted by molar-refractivity contribution is -0.147. The van der Waals surface area contributed by atoms with Gasteiger partial charge in [0.05, 0.1) is 18.7 Å². The summed E-state index contributed by atoms with van der Waals surface area (Å²) in [5, 5.41) is 3.89. The van der Waals surface area contributed by atoms with Crippen molar-refractivity contribution in [1.82, 2.24) is 20.2 Å². The van der Waals surface area contributed by atoms with Crippen LogP contribution in [0.5, 0.6) is 0 Å². The summed E-state index contributed by atoms with van der Waals surface area (Å²) in [7, 11) is -4.26. The number of benzene rings is 1. The first-order chi connectivity index (χ1) is 12.4. The number of nitrogens with one attached hydrogen (secondary N) is 1. The lowest BCUT2D eigenvalue weighted by Crippen LogP contribution is -2.50. The van der Waals surface area contributed by atoms with Gasteiger partial charge in [-0.25, -0.2) is 19.4 Å². The van der Waals surface area contributed by atoms with Crippen LogP contribution in [0, 0.1) is 0 Å². The van der Waals surface area contributed by atoms with Crippen molar-refractivity contribution in [2.75, 3.05) is 26.3 Å². The van der Waals surface area contributed by atoms with Crippen molar-refractivity contribution in [3.8, 4) is 0 Å². The fraction of sp³-hybridized carbons (Fsp3) is 0.308. The molecule has 0 aromatic heterocycles. The highest BCUT2D eigenvalue weighted by molar-refractivity contribution is 7.56. The molecule has 140 valence electrons. The molecule has 1 unspecified atom stereocenters. The Bertz CT molecular complexity index is 761. The van der Waals surface area contributed by atoms with Crippen LogP contribution < -0.4 is 10.7 Å². The number of cyclic esters (lactones) is 2. The van der Waals surface area contributed by atoms with E-state index >= 15 is 0 Å². The smallest absolute Gasteiger partial charge is 0.427 e. The van der Waals surface area contributed by atoms with Crippen LogP contribution in [0.4, 0.5) is 9.59 Å². The van der Waals surface area contributed by atoms with Crippen LogP contribution in [0.25, 0.3) is 0 Å². The molecule has 1 atom stereocenters. The summed E-state index contributed by atoms with van der Waals surface area (Å²) >= 11 is 0. The van der Waals surface area contributed by atoms with Gasteiger partial charge in [0.1, 0.15) is 13.2 Å². The van der Waals surface area contributed by atoms with Gasteiger partial charge in [0.15, 0.2) is 0 Å². The molecular weight excluding hydrogens is 369 g/mol. The zero-order valence-corrected chi connectivity index (χ0v) is 14.3. The third kappa shape index (κ3) is 3.78. The lowest BCUT2D eigenvalue weighted by Gasteiger charge is -2.32. The van der Waals surface area contributed by atoms with Gasteiger partial charge in [-0.15, -0.1) is 5.20 Å². The minimum atomic E-state index is -4.26. The number of carbonyl (C=O) groups is 3. The normalized spacial score (nSPS) is 19.3. The summed E-state index contributed by atoms with van der Waals surface area (Å²) < 4.78 is 22.4. The SMILES string of the molecule is NP(=O)(NN1CCOC1=O)N(OC(=O)c1ccccc1)N1CCOC1=O. The molecule has 26 heavy (non-hydrogen) atoms. The first kappa shape index (κ1) is 18.1. The van der Waals surface area contributed by atoms with E-state index in [0.717, 1.165) is 10.0 Å². The molecule has 12 nitrogen and oxygen atoms in total. The average Bonchev–Trinajstić information content (AvgIpc) is 3.21. The van der Waals surface area contributed by atoms with E-state index in [1.54, 1.807) is 18.2 Å². The Hall–Kier alpha value is -2.66. The Balaban J connectivity index is 1.82. The summed E-state index contributed by atoms with van der Waals surface area (Å²) in [4.78, 5) is 41.2. The van der Waals surface area contributed by atoms with Gasteiger partial charge in [-0.05, 0) is 12.1 Å². The van der Waals surface area contributed by atoms with Crippen LogP contribution in [0.15, 0.2) is 30.3 Å². The summed E-state index contributed by atoms with van der Waals surface area (Å²) in [6.45, 7) is 0.0878. The van der Waals surface area contributed by atoms with Crippen LogP contribution in [-0.4, -0.2) is 59.4 Å². The Labute approximate surface area is 147 Å². The van der Waals surface area contributed by atoms with Crippen molar-refractivity contribution in [2.45, 2.75) is 0 Å². The number of nitrogens with two attached hydrogens (primary N) is 1. The van der Waals surface area contributed by atoms with E-state index in [9.17, 15) is 18.9 Å². The Morgan fingerprint density at radius 1 is 1.15 bits per heavy atom. The zero-order chi connectivity index (χ0) is 18.7. The van der Waals surface area contributed by atoms with E-state index < -0.39 is 25.7 Å². The molecule has 2 aliphatic heterocycles. The monoisotopic (exact) mass is 385 g/mol. The molecule has 0 saturated carbocycles. The molecule has 1 aromatic carbocycles. The third-order valence-electron chi connectivity index (χ3n) is 3.40. The van der Waals surface area contributed by atoms with Gasteiger partial charge in [0.2, 0.25) is 0 Å². The number of rotatable bonds is 6. The molecule has 0 bridgehead atoms. The number of ether oxygens (including phenoxy) is 2. The van der Waals surface area contributed by atoms with E-state index in [1.165, 1.54) is 12.1 Å². The predicted molar refractivity (Wildman–Crippen MR) is 84.7 cm³/mol. The molecule has 2 saturated heterocycles. The Kier molecular flexibility index (Phi) is 5.09. The number of hydrogen-bond acceptors (Lipinski definition) is 7. The van der Waals surface area contributed by atoms with E-state index in [-0.39, 0.29) is 31.9 Å². The van der Waals surface area contributed by atoms with Gasteiger partial charge >= 0.3 is 25.7 Å². The summed E-state index contributed by atoms with van der Waals surface area (Å²) in [6.07, 6.45) is -1.70. The average molecular weight is 385 g/mol. The first-order valence-corrected chi connectivity index (χ1v) is 9.24. The van der Waals surface area contributed by atoms with Crippen molar-refractivity contribution in [2.24, 2.45) is 5.50 Å². The fourth-order valence-corrected chi connectivity index (χ4v) is 3.49. The number of nitrogens with zero attached hydrogens (tertiary/aromatic N) is 3. The van der Waals surface area contributed by atoms with Gasteiger partial charge in [0.25, 0.3) is 0 Å². The molecule has 1 aromatic rings. The minimum absolute atomic E-state index is 0.00994. The highest BCUT2D eigenvalue weighted by Crippen LogP contribution is 2.40. The highest BCUT2D eigenvalue weighted by atomic mass is 31.2. The predicted octanol–water partition coefficient (Wildman–Crippen LogP) is 0.451. The molecule has 2 fully saturated rings. The maximum Gasteiger partial charge on any atom is 0.427 e. The summed E-state index contributed by atoms with van der Waals surface area (Å²) in [5.74, 6) is -0.901. The highest BCUT2D eigenvalue weighted by Gasteiger charge is 2.44. The first-order valence-electron chi connectivity index (χ1n) is 7.51. The molecule has 0 aliphatic carbocycles. The van der Waals surface area contributed by atoms with E-state index in [4.69, 9.17) is 19.8 Å². The standard InChI is InChI=1S/C13H16N5O7P/c14-26(22,15-16-6-8-23-12(16)20)18(17-7-9-24-13(17)21)25-11(19)10-4-2-1-3-5-10/h1-5H,6-9H2,(H3,14,15,22). The number of hydrogen-bond donors (Lipinski definition) is 2. The maximum absolute atomic E-state index is 12.9. The maximum atomic E-state index is 12.9. The molecule has 0 spiro atoms. The van der Waals surface area contributed by atoms with Crippen LogP contribution in [-0.2, 0) is 18.9 Å². The Morgan fingerprint density at radius 2 is 1.81 bits per heavy atom. The van der Waals surface area contributed by atoms with Crippen LogP contribution in [0.2, 0.25) is 0 Å². The number of carbonyl (C=O) groups excluding carboxylic acids is 3. The van der Waals surface area contributed by atoms with Crippen LogP contribution in [0.3, 0.4) is 0 Å². The van der Waals surface area contributed by atoms with Crippen molar-refractivity contribution < 1.29 is 33.3 Å². The molecule has 2 heterocycles. The number of hydrazine groups is 2. The zero-order valence-electron chi connectivity index (χ0n) is 13.4. The molecular formula is C13H16N5O7P. The third-order valence-corrected chi connectivity index (χ3v) is 4.73.